The first-order chi connectivity index (χ1) is 12.4. The molecule has 0 saturated carbocycles. The predicted octanol–water partition coefficient (Wildman–Crippen LogP) is 2.27. The molecule has 0 fully saturated rings. The number of ether oxygens (including phenoxy) is 1. The molecule has 9 heteroatoms. The summed E-state index contributed by atoms with van der Waals surface area (Å²) in [5.41, 5.74) is 0.479. The summed E-state index contributed by atoms with van der Waals surface area (Å²) in [6, 6.07) is 8.88. The summed E-state index contributed by atoms with van der Waals surface area (Å²) in [7, 11) is 0. The van der Waals surface area contributed by atoms with Crippen molar-refractivity contribution in [1.29, 1.82) is 5.26 Å². The lowest BCUT2D eigenvalue weighted by atomic mass is 10.0. The van der Waals surface area contributed by atoms with Crippen molar-refractivity contribution in [3.63, 3.8) is 0 Å². The van der Waals surface area contributed by atoms with Crippen LogP contribution < -0.4 is 9.64 Å². The van der Waals surface area contributed by atoms with Gasteiger partial charge in [-0.3, -0.25) is 0 Å². The Bertz CT molecular complexity index is 857. The number of para-hydroxylation sites is 1. The van der Waals surface area contributed by atoms with Gasteiger partial charge in [0.05, 0.1) is 5.69 Å². The molecule has 26 heavy (non-hydrogen) atoms. The van der Waals surface area contributed by atoms with E-state index in [9.17, 15) is 23.4 Å². The minimum atomic E-state index is -3.98. The minimum Gasteiger partial charge on any atom is -0.427 e. The van der Waals surface area contributed by atoms with Crippen LogP contribution in [0.15, 0.2) is 36.5 Å². The largest absolute Gasteiger partial charge is 0.444 e. The number of nitriles is 1. The summed E-state index contributed by atoms with van der Waals surface area (Å²) in [6.45, 7) is -1.36. The highest BCUT2D eigenvalue weighted by atomic mass is 19.3. The van der Waals surface area contributed by atoms with Crippen LogP contribution in [-0.2, 0) is 6.54 Å². The summed E-state index contributed by atoms with van der Waals surface area (Å²) in [5, 5.41) is 28.7. The molecule has 1 aliphatic heterocycles. The first-order valence-electron chi connectivity index (χ1n) is 7.61. The molecule has 1 aliphatic rings. The molecule has 2 N–H and O–H groups in total. The van der Waals surface area contributed by atoms with Crippen molar-refractivity contribution >= 4 is 5.69 Å². The monoisotopic (exact) mass is 365 g/mol. The Balaban J connectivity index is 2.06. The molecule has 0 radical (unpaired) electrons. The lowest BCUT2D eigenvalue weighted by Gasteiger charge is -2.40. The zero-order chi connectivity index (χ0) is 18.9. The predicted molar refractivity (Wildman–Crippen MR) is 84.1 cm³/mol. The van der Waals surface area contributed by atoms with Crippen molar-refractivity contribution in [3.05, 3.63) is 53.3 Å². The second-order valence-corrected chi connectivity index (χ2v) is 5.69. The SMILES string of the molecule is N#Cc1cc(CN2c3cccc([C@@H](O)CF)c3OC(F)(F)C2O)ccn1. The molecule has 1 unspecified atom stereocenters. The summed E-state index contributed by atoms with van der Waals surface area (Å²) in [5.74, 6) is -0.400. The van der Waals surface area contributed by atoms with Gasteiger partial charge in [0.1, 0.15) is 24.5 Å². The molecule has 0 saturated heterocycles. The number of fused-ring (bicyclic) bond motifs is 1. The Hall–Kier alpha value is -2.83. The number of aliphatic hydroxyl groups excluding tert-OH is 2. The number of alkyl halides is 3. The van der Waals surface area contributed by atoms with Gasteiger partial charge in [-0.1, -0.05) is 12.1 Å². The lowest BCUT2D eigenvalue weighted by molar-refractivity contribution is -0.246. The van der Waals surface area contributed by atoms with Crippen molar-refractivity contribution < 1.29 is 28.1 Å². The quantitative estimate of drug-likeness (QED) is 0.864. The Kier molecular flexibility index (Phi) is 4.71. The molecule has 6 nitrogen and oxygen atoms in total. The van der Waals surface area contributed by atoms with Crippen LogP contribution >= 0.6 is 0 Å². The normalized spacial score (nSPS) is 19.2. The molecular formula is C17H14F3N3O3. The second-order valence-electron chi connectivity index (χ2n) is 5.69. The molecule has 0 amide bonds. The van der Waals surface area contributed by atoms with Gasteiger partial charge in [-0.2, -0.15) is 14.0 Å². The zero-order valence-electron chi connectivity index (χ0n) is 13.3. The van der Waals surface area contributed by atoms with Crippen molar-refractivity contribution in [1.82, 2.24) is 4.98 Å². The van der Waals surface area contributed by atoms with Crippen LogP contribution in [0.2, 0.25) is 0 Å². The van der Waals surface area contributed by atoms with E-state index >= 15 is 0 Å². The molecule has 0 aliphatic carbocycles. The molecule has 2 aromatic rings. The summed E-state index contributed by atoms with van der Waals surface area (Å²) in [6.07, 6.45) is -6.58. The Labute approximate surface area is 146 Å². The molecule has 0 spiro atoms. The van der Waals surface area contributed by atoms with Crippen LogP contribution in [0.5, 0.6) is 5.75 Å². The first-order valence-corrected chi connectivity index (χ1v) is 7.61. The molecule has 136 valence electrons. The second kappa shape index (κ2) is 6.82. The summed E-state index contributed by atoms with van der Waals surface area (Å²) < 4.78 is 45.8. The van der Waals surface area contributed by atoms with Gasteiger partial charge in [0, 0.05) is 18.3 Å². The minimum absolute atomic E-state index is 0.0729. The van der Waals surface area contributed by atoms with Crippen LogP contribution in [0.3, 0.4) is 0 Å². The van der Waals surface area contributed by atoms with Crippen molar-refractivity contribution in [3.8, 4) is 11.8 Å². The Morgan fingerprint density at radius 3 is 2.85 bits per heavy atom. The van der Waals surface area contributed by atoms with Crippen molar-refractivity contribution in [2.24, 2.45) is 0 Å². The van der Waals surface area contributed by atoms with E-state index in [1.165, 1.54) is 36.5 Å². The van der Waals surface area contributed by atoms with E-state index in [-0.39, 0.29) is 23.5 Å². The number of nitrogens with zero attached hydrogens (tertiary/aromatic N) is 3. The van der Waals surface area contributed by atoms with E-state index < -0.39 is 30.9 Å². The van der Waals surface area contributed by atoms with Crippen LogP contribution in [0.4, 0.5) is 18.9 Å². The van der Waals surface area contributed by atoms with Gasteiger partial charge in [0.2, 0.25) is 6.23 Å². The number of hydrogen-bond donors (Lipinski definition) is 2. The third-order valence-corrected chi connectivity index (χ3v) is 3.97. The number of benzene rings is 1. The van der Waals surface area contributed by atoms with Crippen LogP contribution in [0.25, 0.3) is 0 Å². The fourth-order valence-electron chi connectivity index (χ4n) is 2.73. The van der Waals surface area contributed by atoms with E-state index in [4.69, 9.17) is 5.26 Å². The van der Waals surface area contributed by atoms with Crippen molar-refractivity contribution in [2.75, 3.05) is 11.6 Å². The van der Waals surface area contributed by atoms with E-state index in [0.717, 1.165) is 4.90 Å². The maximum absolute atomic E-state index is 14.2. The average Bonchev–Trinajstić information content (AvgIpc) is 2.64. The molecular weight excluding hydrogens is 351 g/mol. The van der Waals surface area contributed by atoms with Gasteiger partial charge in [-0.05, 0) is 23.8 Å². The highest BCUT2D eigenvalue weighted by molar-refractivity contribution is 5.65. The number of halogens is 3. The topological polar surface area (TPSA) is 89.6 Å². The Morgan fingerprint density at radius 2 is 2.15 bits per heavy atom. The van der Waals surface area contributed by atoms with E-state index in [1.807, 2.05) is 6.07 Å². The van der Waals surface area contributed by atoms with E-state index in [0.29, 0.717) is 5.56 Å². The van der Waals surface area contributed by atoms with Gasteiger partial charge >= 0.3 is 6.11 Å². The summed E-state index contributed by atoms with van der Waals surface area (Å²) >= 11 is 0. The maximum atomic E-state index is 14.2. The number of aliphatic hydroxyl groups is 2. The first kappa shape index (κ1) is 18.0. The zero-order valence-corrected chi connectivity index (χ0v) is 13.3. The smallest absolute Gasteiger partial charge is 0.427 e. The number of hydrogen-bond acceptors (Lipinski definition) is 6. The van der Waals surface area contributed by atoms with Gasteiger partial charge in [0.15, 0.2) is 5.75 Å². The van der Waals surface area contributed by atoms with E-state index in [2.05, 4.69) is 9.72 Å². The molecule has 1 aromatic carbocycles. The number of anilines is 1. The highest BCUT2D eigenvalue weighted by Gasteiger charge is 2.51. The van der Waals surface area contributed by atoms with Gasteiger partial charge in [-0.15, -0.1) is 0 Å². The fraction of sp³-hybridized carbons (Fsp3) is 0.294. The van der Waals surface area contributed by atoms with Crippen LogP contribution in [0.1, 0.15) is 22.9 Å². The number of rotatable bonds is 4. The van der Waals surface area contributed by atoms with Gasteiger partial charge in [-0.25, -0.2) is 9.37 Å². The highest BCUT2D eigenvalue weighted by Crippen LogP contribution is 2.45. The van der Waals surface area contributed by atoms with Crippen LogP contribution in [0, 0.1) is 11.3 Å². The standard InChI is InChI=1S/C17H14F3N3O3/c18-7-14(24)12-2-1-3-13-15(12)26-17(19,20)16(25)23(13)9-10-4-5-22-11(6-10)8-21/h1-6,14,16,24-25H,7,9H2/t14-,16?/m0/s1. The molecule has 1 aromatic heterocycles. The molecule has 2 atom stereocenters. The van der Waals surface area contributed by atoms with E-state index in [1.54, 1.807) is 0 Å². The Morgan fingerprint density at radius 1 is 1.38 bits per heavy atom. The van der Waals surface area contributed by atoms with Gasteiger partial charge < -0.3 is 19.8 Å². The van der Waals surface area contributed by atoms with Crippen molar-refractivity contribution in [2.45, 2.75) is 25.0 Å². The fourth-order valence-corrected chi connectivity index (χ4v) is 2.73. The number of aromatic nitrogens is 1. The third-order valence-electron chi connectivity index (χ3n) is 3.97. The van der Waals surface area contributed by atoms with Crippen LogP contribution in [-0.4, -0.2) is 34.2 Å². The maximum Gasteiger partial charge on any atom is 0.444 e. The number of pyridine rings is 1. The third kappa shape index (κ3) is 3.16. The lowest BCUT2D eigenvalue weighted by Crippen LogP contribution is -2.54. The molecule has 2 heterocycles. The molecule has 0 bridgehead atoms. The summed E-state index contributed by atoms with van der Waals surface area (Å²) in [4.78, 5) is 4.76. The average molecular weight is 365 g/mol. The van der Waals surface area contributed by atoms with Gasteiger partial charge in [0.25, 0.3) is 0 Å². The molecule has 3 rings (SSSR count).